The highest BCUT2D eigenvalue weighted by molar-refractivity contribution is 7.13. The monoisotopic (exact) mass is 396 g/mol. The van der Waals surface area contributed by atoms with Crippen molar-refractivity contribution in [2.75, 3.05) is 6.61 Å². The Morgan fingerprint density at radius 2 is 1.63 bits per heavy atom. The van der Waals surface area contributed by atoms with E-state index in [-0.39, 0.29) is 5.97 Å². The minimum absolute atomic E-state index is 0.302. The molecule has 1 aliphatic rings. The molecule has 1 saturated heterocycles. The van der Waals surface area contributed by atoms with Gasteiger partial charge in [0, 0.05) is 20.8 Å². The SMILES string of the molecule is CCOC(=O)C(OC(C)(C)C)c1c(C)sc(C)c1B1OC(C)(C)C(C)(C)O1. The Kier molecular flexibility index (Phi) is 6.23. The summed E-state index contributed by atoms with van der Waals surface area (Å²) in [6.45, 7) is 20.0. The van der Waals surface area contributed by atoms with E-state index in [4.69, 9.17) is 18.8 Å². The van der Waals surface area contributed by atoms with Gasteiger partial charge in [-0.05, 0) is 69.2 Å². The van der Waals surface area contributed by atoms with Crippen molar-refractivity contribution in [3.63, 3.8) is 0 Å². The van der Waals surface area contributed by atoms with Crippen LogP contribution in [0.15, 0.2) is 0 Å². The molecule has 1 aromatic rings. The highest BCUT2D eigenvalue weighted by Gasteiger charge is 2.54. The van der Waals surface area contributed by atoms with Gasteiger partial charge in [-0.25, -0.2) is 4.79 Å². The maximum atomic E-state index is 12.8. The van der Waals surface area contributed by atoms with Crippen molar-refractivity contribution < 1.29 is 23.6 Å². The standard InChI is InChI=1S/C20H33BO5S/c1-11-23-17(22)16(24-18(4,5)6)14-12(2)27-13(3)15(14)21-25-19(7,8)20(9,10)26-21/h16H,11H2,1-10H3. The molecule has 0 saturated carbocycles. The van der Waals surface area contributed by atoms with Crippen LogP contribution in [-0.4, -0.2) is 36.5 Å². The van der Waals surface area contributed by atoms with Crippen LogP contribution in [-0.2, 0) is 23.6 Å². The number of hydrogen-bond donors (Lipinski definition) is 0. The van der Waals surface area contributed by atoms with Crippen molar-refractivity contribution in [3.05, 3.63) is 15.3 Å². The molecule has 27 heavy (non-hydrogen) atoms. The van der Waals surface area contributed by atoms with Crippen LogP contribution in [0, 0.1) is 13.8 Å². The van der Waals surface area contributed by atoms with Gasteiger partial charge in [-0.1, -0.05) is 0 Å². The van der Waals surface area contributed by atoms with Crippen LogP contribution >= 0.6 is 11.3 Å². The van der Waals surface area contributed by atoms with Crippen LogP contribution in [0.2, 0.25) is 0 Å². The molecule has 0 aliphatic carbocycles. The topological polar surface area (TPSA) is 54.0 Å². The molecule has 0 radical (unpaired) electrons. The average Bonchev–Trinajstić information content (AvgIpc) is 2.87. The lowest BCUT2D eigenvalue weighted by Crippen LogP contribution is -2.41. The number of ether oxygens (including phenoxy) is 2. The number of carbonyl (C=O) groups is 1. The summed E-state index contributed by atoms with van der Waals surface area (Å²) in [7, 11) is -0.546. The first-order valence-electron chi connectivity index (χ1n) is 9.50. The maximum absolute atomic E-state index is 12.8. The van der Waals surface area contributed by atoms with Gasteiger partial charge in [0.25, 0.3) is 0 Å². The summed E-state index contributed by atoms with van der Waals surface area (Å²) in [6, 6.07) is 0. The number of hydrogen-bond acceptors (Lipinski definition) is 6. The first-order valence-corrected chi connectivity index (χ1v) is 10.3. The van der Waals surface area contributed by atoms with E-state index < -0.39 is 30.0 Å². The summed E-state index contributed by atoms with van der Waals surface area (Å²) in [6.07, 6.45) is -0.816. The predicted molar refractivity (Wildman–Crippen MR) is 110 cm³/mol. The average molecular weight is 396 g/mol. The molecule has 1 atom stereocenters. The Morgan fingerprint density at radius 3 is 2.07 bits per heavy atom. The molecule has 0 amide bonds. The third-order valence-electron chi connectivity index (χ3n) is 5.08. The Labute approximate surface area is 167 Å². The van der Waals surface area contributed by atoms with Gasteiger partial charge in [0.15, 0.2) is 6.10 Å². The van der Waals surface area contributed by atoms with Crippen molar-refractivity contribution in [1.29, 1.82) is 0 Å². The Bertz CT molecular complexity index is 686. The predicted octanol–water partition coefficient (Wildman–Crippen LogP) is 4.08. The highest BCUT2D eigenvalue weighted by Crippen LogP contribution is 2.39. The molecule has 152 valence electrons. The molecule has 1 fully saturated rings. The fourth-order valence-corrected chi connectivity index (χ4v) is 4.20. The van der Waals surface area contributed by atoms with Crippen LogP contribution in [0.25, 0.3) is 0 Å². The van der Waals surface area contributed by atoms with Gasteiger partial charge in [0.05, 0.1) is 23.4 Å². The number of thiophene rings is 1. The molecule has 0 aromatic carbocycles. The zero-order chi connectivity index (χ0) is 20.8. The van der Waals surface area contributed by atoms with Crippen LogP contribution in [0.3, 0.4) is 0 Å². The quantitative estimate of drug-likeness (QED) is 0.555. The smallest absolute Gasteiger partial charge is 0.464 e. The van der Waals surface area contributed by atoms with Crippen LogP contribution in [0.1, 0.15) is 76.8 Å². The Hall–Kier alpha value is -0.885. The van der Waals surface area contributed by atoms with E-state index >= 15 is 0 Å². The van der Waals surface area contributed by atoms with Gasteiger partial charge in [-0.3, -0.25) is 0 Å². The lowest BCUT2D eigenvalue weighted by molar-refractivity contribution is -0.166. The third-order valence-corrected chi connectivity index (χ3v) is 6.13. The first-order chi connectivity index (χ1) is 12.2. The molecule has 1 aromatic heterocycles. The maximum Gasteiger partial charge on any atom is 0.496 e. The summed E-state index contributed by atoms with van der Waals surface area (Å²) < 4.78 is 24.0. The second-order valence-electron chi connectivity index (χ2n) is 8.99. The zero-order valence-electron chi connectivity index (χ0n) is 18.3. The zero-order valence-corrected chi connectivity index (χ0v) is 19.1. The first kappa shape index (κ1) is 22.4. The highest BCUT2D eigenvalue weighted by atomic mass is 32.1. The third kappa shape index (κ3) is 4.58. The molecule has 0 spiro atoms. The summed E-state index contributed by atoms with van der Waals surface area (Å²) in [5, 5.41) is 0. The lowest BCUT2D eigenvalue weighted by atomic mass is 9.74. The van der Waals surface area contributed by atoms with Crippen molar-refractivity contribution in [2.24, 2.45) is 0 Å². The minimum atomic E-state index is -0.816. The van der Waals surface area contributed by atoms with Crippen molar-refractivity contribution in [1.82, 2.24) is 0 Å². The largest absolute Gasteiger partial charge is 0.496 e. The van der Waals surface area contributed by atoms with Gasteiger partial charge in [-0.2, -0.15) is 0 Å². The van der Waals surface area contributed by atoms with E-state index in [1.54, 1.807) is 18.3 Å². The lowest BCUT2D eigenvalue weighted by Gasteiger charge is -2.32. The molecule has 1 unspecified atom stereocenters. The van der Waals surface area contributed by atoms with Crippen LogP contribution in [0.4, 0.5) is 0 Å². The summed E-state index contributed by atoms with van der Waals surface area (Å²) in [5.74, 6) is -0.383. The Morgan fingerprint density at radius 1 is 1.11 bits per heavy atom. The molecular weight excluding hydrogens is 363 g/mol. The van der Waals surface area contributed by atoms with Crippen molar-refractivity contribution in [2.45, 2.75) is 92.1 Å². The fourth-order valence-electron chi connectivity index (χ4n) is 3.09. The Balaban J connectivity index is 2.54. The summed E-state index contributed by atoms with van der Waals surface area (Å²) in [5.41, 5.74) is 0.276. The van der Waals surface area contributed by atoms with Gasteiger partial charge in [-0.15, -0.1) is 11.3 Å². The van der Waals surface area contributed by atoms with Crippen LogP contribution < -0.4 is 5.46 Å². The van der Waals surface area contributed by atoms with Gasteiger partial charge in [0.1, 0.15) is 0 Å². The van der Waals surface area contributed by atoms with E-state index in [1.165, 1.54) is 0 Å². The van der Waals surface area contributed by atoms with Gasteiger partial charge < -0.3 is 18.8 Å². The number of carbonyl (C=O) groups excluding carboxylic acids is 1. The van der Waals surface area contributed by atoms with Crippen molar-refractivity contribution >= 4 is 29.9 Å². The number of rotatable bonds is 5. The molecule has 5 nitrogen and oxygen atoms in total. The molecular formula is C20H33BO5S. The van der Waals surface area contributed by atoms with Crippen LogP contribution in [0.5, 0.6) is 0 Å². The molecule has 2 rings (SSSR count). The molecule has 1 aliphatic heterocycles. The molecule has 7 heteroatoms. The second kappa shape index (κ2) is 7.50. The molecule has 0 N–H and O–H groups in total. The molecule has 0 bridgehead atoms. The van der Waals surface area contributed by atoms with E-state index in [9.17, 15) is 4.79 Å². The minimum Gasteiger partial charge on any atom is -0.464 e. The summed E-state index contributed by atoms with van der Waals surface area (Å²) >= 11 is 1.63. The van der Waals surface area contributed by atoms with E-state index in [0.29, 0.717) is 6.61 Å². The van der Waals surface area contributed by atoms with Gasteiger partial charge >= 0.3 is 13.1 Å². The number of aryl methyl sites for hydroxylation is 2. The normalized spacial score (nSPS) is 20.0. The van der Waals surface area contributed by atoms with E-state index in [2.05, 4.69) is 0 Å². The van der Waals surface area contributed by atoms with Gasteiger partial charge in [0.2, 0.25) is 0 Å². The van der Waals surface area contributed by atoms with E-state index in [1.807, 2.05) is 62.3 Å². The number of esters is 1. The van der Waals surface area contributed by atoms with Crippen molar-refractivity contribution in [3.8, 4) is 0 Å². The summed E-state index contributed by atoms with van der Waals surface area (Å²) in [4.78, 5) is 14.9. The second-order valence-corrected chi connectivity index (χ2v) is 10.4. The fraction of sp³-hybridized carbons (Fsp3) is 0.750. The van der Waals surface area contributed by atoms with E-state index in [0.717, 1.165) is 20.8 Å². The molecule has 2 heterocycles.